The number of rotatable bonds is 5. The van der Waals surface area contributed by atoms with Crippen molar-refractivity contribution in [1.82, 2.24) is 10.2 Å². The highest BCUT2D eigenvalue weighted by Gasteiger charge is 2.40. The van der Waals surface area contributed by atoms with Crippen molar-refractivity contribution in [2.75, 3.05) is 0 Å². The maximum atomic E-state index is 12.2. The average molecular weight is 295 g/mol. The summed E-state index contributed by atoms with van der Waals surface area (Å²) in [5, 5.41) is 3.11. The van der Waals surface area contributed by atoms with Crippen molar-refractivity contribution in [3.63, 3.8) is 0 Å². The average Bonchev–Trinajstić information content (AvgIpc) is 3.24. The minimum atomic E-state index is -0.473. The largest absolute Gasteiger partial charge is 0.350 e. The molecule has 2 rings (SSSR count). The summed E-state index contributed by atoms with van der Waals surface area (Å²) in [6.07, 6.45) is 6.36. The van der Waals surface area contributed by atoms with Gasteiger partial charge in [-0.15, -0.1) is 0 Å². The fourth-order valence-corrected chi connectivity index (χ4v) is 3.31. The van der Waals surface area contributed by atoms with Crippen LogP contribution in [0.15, 0.2) is 0 Å². The predicted octanol–water partition coefficient (Wildman–Crippen LogP) is 1.41. The van der Waals surface area contributed by atoms with Crippen LogP contribution in [0.2, 0.25) is 0 Å². The van der Waals surface area contributed by atoms with E-state index < -0.39 is 6.04 Å². The summed E-state index contributed by atoms with van der Waals surface area (Å²) in [7, 11) is 0. The molecule has 0 spiro atoms. The molecule has 0 bridgehead atoms. The molecule has 2 saturated carbocycles. The Morgan fingerprint density at radius 3 is 2.29 bits per heavy atom. The van der Waals surface area contributed by atoms with Gasteiger partial charge in [-0.25, -0.2) is 0 Å². The van der Waals surface area contributed by atoms with E-state index in [0.29, 0.717) is 6.04 Å². The lowest BCUT2D eigenvalue weighted by Gasteiger charge is -2.40. The zero-order valence-electron chi connectivity index (χ0n) is 13.5. The van der Waals surface area contributed by atoms with Crippen molar-refractivity contribution < 1.29 is 9.59 Å². The van der Waals surface area contributed by atoms with Crippen molar-refractivity contribution >= 4 is 11.8 Å². The highest BCUT2D eigenvalue weighted by atomic mass is 16.2. The highest BCUT2D eigenvalue weighted by molar-refractivity contribution is 5.82. The van der Waals surface area contributed by atoms with Crippen molar-refractivity contribution in [2.45, 2.75) is 83.5 Å². The first-order chi connectivity index (χ1) is 9.91. The molecular weight excluding hydrogens is 266 g/mol. The van der Waals surface area contributed by atoms with Crippen LogP contribution in [-0.4, -0.2) is 40.9 Å². The van der Waals surface area contributed by atoms with E-state index in [-0.39, 0.29) is 29.8 Å². The maximum Gasteiger partial charge on any atom is 0.237 e. The summed E-state index contributed by atoms with van der Waals surface area (Å²) in [5.74, 6) is 0.178. The Morgan fingerprint density at radius 1 is 1.14 bits per heavy atom. The van der Waals surface area contributed by atoms with Crippen molar-refractivity contribution in [1.29, 1.82) is 0 Å². The molecular formula is C16H29N3O2. The molecule has 2 aliphatic rings. The van der Waals surface area contributed by atoms with Gasteiger partial charge < -0.3 is 16.0 Å². The van der Waals surface area contributed by atoms with Gasteiger partial charge in [0.1, 0.15) is 0 Å². The third-order valence-corrected chi connectivity index (χ3v) is 4.74. The van der Waals surface area contributed by atoms with E-state index in [1.807, 2.05) is 18.7 Å². The fraction of sp³-hybridized carbons (Fsp3) is 0.875. The van der Waals surface area contributed by atoms with Gasteiger partial charge in [-0.3, -0.25) is 9.59 Å². The Labute approximate surface area is 127 Å². The summed E-state index contributed by atoms with van der Waals surface area (Å²) in [5.41, 5.74) is 5.94. The molecule has 0 saturated heterocycles. The minimum Gasteiger partial charge on any atom is -0.350 e. The first-order valence-corrected chi connectivity index (χ1v) is 8.26. The topological polar surface area (TPSA) is 75.4 Å². The second kappa shape index (κ2) is 6.77. The summed E-state index contributed by atoms with van der Waals surface area (Å²) >= 11 is 0. The fourth-order valence-electron chi connectivity index (χ4n) is 3.31. The molecule has 0 aromatic rings. The molecule has 2 amide bonds. The van der Waals surface area contributed by atoms with Crippen LogP contribution in [-0.2, 0) is 9.59 Å². The molecule has 0 unspecified atom stereocenters. The third kappa shape index (κ3) is 3.96. The number of hydrogen-bond acceptors (Lipinski definition) is 3. The molecule has 0 aliphatic heterocycles. The summed E-state index contributed by atoms with van der Waals surface area (Å²) in [6, 6.07) is 0.121. The zero-order valence-corrected chi connectivity index (χ0v) is 13.5. The van der Waals surface area contributed by atoms with Gasteiger partial charge >= 0.3 is 0 Å². The SMILES string of the molecule is CC(=O)N(C1CC1)[C@@H]1CCCC[C@H]1NC(=O)[C@@H](N)C(C)C. The van der Waals surface area contributed by atoms with Crippen molar-refractivity contribution in [3.8, 4) is 0 Å². The third-order valence-electron chi connectivity index (χ3n) is 4.74. The van der Waals surface area contributed by atoms with Crippen LogP contribution in [0, 0.1) is 5.92 Å². The summed E-state index contributed by atoms with van der Waals surface area (Å²) in [6.45, 7) is 5.55. The Hall–Kier alpha value is -1.10. The molecule has 0 heterocycles. The molecule has 2 aliphatic carbocycles. The normalized spacial score (nSPS) is 27.3. The first kappa shape index (κ1) is 16.3. The molecule has 5 heteroatoms. The van der Waals surface area contributed by atoms with E-state index in [1.54, 1.807) is 6.92 Å². The van der Waals surface area contributed by atoms with Gasteiger partial charge in [0.15, 0.2) is 0 Å². The van der Waals surface area contributed by atoms with Gasteiger partial charge in [0.2, 0.25) is 11.8 Å². The van der Waals surface area contributed by atoms with E-state index in [9.17, 15) is 9.59 Å². The van der Waals surface area contributed by atoms with Gasteiger partial charge in [-0.2, -0.15) is 0 Å². The first-order valence-electron chi connectivity index (χ1n) is 8.26. The summed E-state index contributed by atoms with van der Waals surface area (Å²) in [4.78, 5) is 26.2. The predicted molar refractivity (Wildman–Crippen MR) is 82.5 cm³/mol. The smallest absolute Gasteiger partial charge is 0.237 e. The standard InChI is InChI=1S/C16H29N3O2/c1-10(2)15(17)16(21)18-13-6-4-5-7-14(13)19(11(3)20)12-8-9-12/h10,12-15H,4-9,17H2,1-3H3,(H,18,21)/t13-,14-,15+/m1/s1. The van der Waals surface area contributed by atoms with E-state index in [2.05, 4.69) is 5.32 Å². The molecule has 120 valence electrons. The lowest BCUT2D eigenvalue weighted by molar-refractivity contribution is -0.135. The number of nitrogens with zero attached hydrogens (tertiary/aromatic N) is 1. The van der Waals surface area contributed by atoms with E-state index in [0.717, 1.165) is 38.5 Å². The Kier molecular flexibility index (Phi) is 5.25. The number of carbonyl (C=O) groups excluding carboxylic acids is 2. The number of hydrogen-bond donors (Lipinski definition) is 2. The molecule has 21 heavy (non-hydrogen) atoms. The monoisotopic (exact) mass is 295 g/mol. The minimum absolute atomic E-state index is 0.0561. The second-order valence-corrected chi connectivity index (χ2v) is 6.89. The Balaban J connectivity index is 2.04. The molecule has 0 radical (unpaired) electrons. The number of amides is 2. The molecule has 3 N–H and O–H groups in total. The molecule has 3 atom stereocenters. The van der Waals surface area contributed by atoms with Gasteiger partial charge in [-0.05, 0) is 31.6 Å². The Bertz CT molecular complexity index is 393. The van der Waals surface area contributed by atoms with E-state index in [1.165, 1.54) is 0 Å². The van der Waals surface area contributed by atoms with Crippen LogP contribution >= 0.6 is 0 Å². The Morgan fingerprint density at radius 2 is 1.76 bits per heavy atom. The molecule has 0 aromatic heterocycles. The summed E-state index contributed by atoms with van der Waals surface area (Å²) < 4.78 is 0. The number of nitrogens with one attached hydrogen (secondary N) is 1. The van der Waals surface area contributed by atoms with E-state index in [4.69, 9.17) is 5.73 Å². The quantitative estimate of drug-likeness (QED) is 0.805. The number of nitrogens with two attached hydrogens (primary N) is 1. The lowest BCUT2D eigenvalue weighted by atomic mass is 9.88. The van der Waals surface area contributed by atoms with Crippen LogP contribution in [0.1, 0.15) is 59.3 Å². The van der Waals surface area contributed by atoms with Crippen molar-refractivity contribution in [2.24, 2.45) is 11.7 Å². The highest BCUT2D eigenvalue weighted by Crippen LogP contribution is 2.34. The lowest BCUT2D eigenvalue weighted by Crippen LogP contribution is -2.58. The van der Waals surface area contributed by atoms with Gasteiger partial charge in [0, 0.05) is 19.0 Å². The zero-order chi connectivity index (χ0) is 15.6. The molecule has 5 nitrogen and oxygen atoms in total. The van der Waals surface area contributed by atoms with Crippen LogP contribution in [0.4, 0.5) is 0 Å². The van der Waals surface area contributed by atoms with Gasteiger partial charge in [0.05, 0.1) is 12.1 Å². The van der Waals surface area contributed by atoms with Gasteiger partial charge in [0.25, 0.3) is 0 Å². The molecule has 0 aromatic carbocycles. The van der Waals surface area contributed by atoms with Crippen molar-refractivity contribution in [3.05, 3.63) is 0 Å². The molecule has 2 fully saturated rings. The maximum absolute atomic E-state index is 12.2. The van der Waals surface area contributed by atoms with Crippen LogP contribution in [0.3, 0.4) is 0 Å². The van der Waals surface area contributed by atoms with Crippen LogP contribution in [0.25, 0.3) is 0 Å². The van der Waals surface area contributed by atoms with E-state index >= 15 is 0 Å². The van der Waals surface area contributed by atoms with Crippen LogP contribution < -0.4 is 11.1 Å². The van der Waals surface area contributed by atoms with Gasteiger partial charge in [-0.1, -0.05) is 26.7 Å². The second-order valence-electron chi connectivity index (χ2n) is 6.89. The number of carbonyl (C=O) groups is 2. The van der Waals surface area contributed by atoms with Crippen LogP contribution in [0.5, 0.6) is 0 Å².